The quantitative estimate of drug-likeness (QED) is 0.318. The van der Waals surface area contributed by atoms with Gasteiger partial charge in [-0.05, 0) is 49.6 Å². The third-order valence-corrected chi connectivity index (χ3v) is 8.97. The first-order chi connectivity index (χ1) is 18.6. The minimum absolute atomic E-state index is 0.191. The minimum atomic E-state index is -0.191. The van der Waals surface area contributed by atoms with Crippen LogP contribution in [0.3, 0.4) is 0 Å². The number of aliphatic hydroxyl groups is 1. The molecule has 1 saturated heterocycles. The summed E-state index contributed by atoms with van der Waals surface area (Å²) in [5.74, 6) is 1.90. The molecule has 7 heteroatoms. The first-order valence-corrected chi connectivity index (χ1v) is 14.6. The van der Waals surface area contributed by atoms with Crippen LogP contribution in [0, 0.1) is 5.92 Å². The molecule has 2 atom stereocenters. The van der Waals surface area contributed by atoms with Crippen molar-refractivity contribution >= 4 is 21.6 Å². The number of aromatic nitrogens is 2. The summed E-state index contributed by atoms with van der Waals surface area (Å²) in [6.45, 7) is 5.51. The lowest BCUT2D eigenvalue weighted by Crippen LogP contribution is -2.43. The smallest absolute Gasteiger partial charge is 0.131 e. The predicted octanol–water partition coefficient (Wildman–Crippen LogP) is 5.99. The van der Waals surface area contributed by atoms with Crippen LogP contribution in [0.1, 0.15) is 36.3 Å². The van der Waals surface area contributed by atoms with Crippen molar-refractivity contribution in [2.75, 3.05) is 33.2 Å². The third-order valence-electron chi connectivity index (χ3n) is 7.93. The molecule has 2 aliphatic rings. The molecule has 1 saturated carbocycles. The summed E-state index contributed by atoms with van der Waals surface area (Å²) in [4.78, 5) is 14.3. The average Bonchev–Trinajstić information content (AvgIpc) is 3.33. The Balaban J connectivity index is 1.11. The van der Waals surface area contributed by atoms with Crippen molar-refractivity contribution in [3.63, 3.8) is 0 Å². The molecular formula is C31H36N4O2S. The van der Waals surface area contributed by atoms with Gasteiger partial charge < -0.3 is 14.7 Å². The largest absolute Gasteiger partial charge is 0.457 e. The first-order valence-electron chi connectivity index (χ1n) is 13.8. The fourth-order valence-corrected chi connectivity index (χ4v) is 6.66. The van der Waals surface area contributed by atoms with Gasteiger partial charge in [0.2, 0.25) is 0 Å². The average molecular weight is 529 g/mol. The number of piperazine rings is 1. The molecule has 1 aliphatic carbocycles. The number of fused-ring (bicyclic) bond motifs is 1. The van der Waals surface area contributed by atoms with Gasteiger partial charge in [-0.15, -0.1) is 11.3 Å². The van der Waals surface area contributed by atoms with E-state index in [1.54, 1.807) is 11.3 Å². The van der Waals surface area contributed by atoms with Crippen LogP contribution in [0.5, 0.6) is 11.5 Å². The number of hydrogen-bond donors (Lipinski definition) is 1. The zero-order valence-corrected chi connectivity index (χ0v) is 22.9. The zero-order chi connectivity index (χ0) is 25.9. The van der Waals surface area contributed by atoms with Crippen LogP contribution in [0.15, 0.2) is 60.8 Å². The van der Waals surface area contributed by atoms with Crippen LogP contribution >= 0.6 is 11.3 Å². The molecule has 2 fully saturated rings. The highest BCUT2D eigenvalue weighted by atomic mass is 32.1. The number of thiazole rings is 1. The molecule has 1 aliphatic heterocycles. The summed E-state index contributed by atoms with van der Waals surface area (Å²) in [7, 11) is 2.19. The molecule has 0 radical (unpaired) electrons. The van der Waals surface area contributed by atoms with E-state index in [9.17, 15) is 5.11 Å². The lowest BCUT2D eigenvalue weighted by Gasteiger charge is -2.32. The molecule has 0 spiro atoms. The van der Waals surface area contributed by atoms with Gasteiger partial charge in [0, 0.05) is 63.0 Å². The van der Waals surface area contributed by atoms with E-state index < -0.39 is 0 Å². The number of pyridine rings is 1. The van der Waals surface area contributed by atoms with Crippen molar-refractivity contribution in [2.45, 2.75) is 44.8 Å². The molecule has 6 rings (SSSR count). The highest BCUT2D eigenvalue weighted by molar-refractivity contribution is 7.18. The topological polar surface area (TPSA) is 61.7 Å². The van der Waals surface area contributed by atoms with E-state index in [1.807, 2.05) is 30.5 Å². The number of ether oxygens (including phenoxy) is 1. The second kappa shape index (κ2) is 11.5. The van der Waals surface area contributed by atoms with Crippen molar-refractivity contribution in [3.8, 4) is 22.8 Å². The minimum Gasteiger partial charge on any atom is -0.457 e. The second-order valence-corrected chi connectivity index (χ2v) is 11.9. The summed E-state index contributed by atoms with van der Waals surface area (Å²) in [5.41, 5.74) is 4.32. The monoisotopic (exact) mass is 528 g/mol. The fraction of sp³-hybridized carbons (Fsp3) is 0.419. The highest BCUT2D eigenvalue weighted by Gasteiger charge is 2.24. The Morgan fingerprint density at radius 3 is 2.55 bits per heavy atom. The molecule has 1 N–H and O–H groups in total. The Labute approximate surface area is 228 Å². The van der Waals surface area contributed by atoms with E-state index in [0.717, 1.165) is 96.4 Å². The van der Waals surface area contributed by atoms with E-state index in [-0.39, 0.29) is 6.10 Å². The van der Waals surface area contributed by atoms with E-state index >= 15 is 0 Å². The molecule has 0 unspecified atom stereocenters. The van der Waals surface area contributed by atoms with Gasteiger partial charge in [-0.3, -0.25) is 9.88 Å². The van der Waals surface area contributed by atoms with Crippen LogP contribution in [0.4, 0.5) is 0 Å². The van der Waals surface area contributed by atoms with Crippen molar-refractivity contribution in [1.82, 2.24) is 19.8 Å². The van der Waals surface area contributed by atoms with Crippen molar-refractivity contribution in [3.05, 3.63) is 71.4 Å². The van der Waals surface area contributed by atoms with Gasteiger partial charge in [0.15, 0.2) is 0 Å². The standard InChI is InChI=1S/C31H36N4O2S/c1-34-14-16-35(17-15-34)21-22-6-8-23(9-7-22)28-19-26(12-13-32-28)37-25-10-11-27-30(20-25)38-31(33-27)18-24-4-2-3-5-29(24)36/h6-13,19-20,24,29,36H,2-5,14-18,21H2,1H3/t24-,29+/m0/s1. The molecule has 0 bridgehead atoms. The normalized spacial score (nSPS) is 21.1. The van der Waals surface area contributed by atoms with E-state index in [0.29, 0.717) is 5.92 Å². The van der Waals surface area contributed by atoms with Gasteiger partial charge in [-0.25, -0.2) is 4.98 Å². The van der Waals surface area contributed by atoms with E-state index in [2.05, 4.69) is 52.2 Å². The second-order valence-electron chi connectivity index (χ2n) is 10.8. The van der Waals surface area contributed by atoms with Gasteiger partial charge in [-0.1, -0.05) is 37.1 Å². The highest BCUT2D eigenvalue weighted by Crippen LogP contribution is 2.33. The summed E-state index contributed by atoms with van der Waals surface area (Å²) in [6, 6.07) is 18.7. The van der Waals surface area contributed by atoms with Gasteiger partial charge in [-0.2, -0.15) is 0 Å². The summed E-state index contributed by atoms with van der Waals surface area (Å²) < 4.78 is 7.36. The molecular weight excluding hydrogens is 492 g/mol. The maximum absolute atomic E-state index is 10.4. The maximum atomic E-state index is 10.4. The summed E-state index contributed by atoms with van der Waals surface area (Å²) >= 11 is 1.71. The van der Waals surface area contributed by atoms with Gasteiger partial charge >= 0.3 is 0 Å². The van der Waals surface area contributed by atoms with Crippen molar-refractivity contribution in [1.29, 1.82) is 0 Å². The molecule has 4 aromatic rings. The number of hydrogen-bond acceptors (Lipinski definition) is 7. The number of likely N-dealkylation sites (N-methyl/N-ethyl adjacent to an activating group) is 1. The van der Waals surface area contributed by atoms with E-state index in [1.165, 1.54) is 12.0 Å². The Kier molecular flexibility index (Phi) is 7.70. The lowest BCUT2D eigenvalue weighted by molar-refractivity contribution is 0.0700. The predicted molar refractivity (Wildman–Crippen MR) is 154 cm³/mol. The number of aliphatic hydroxyl groups excluding tert-OH is 1. The summed E-state index contributed by atoms with van der Waals surface area (Å²) in [5, 5.41) is 11.5. The van der Waals surface area contributed by atoms with Crippen LogP contribution in [0.2, 0.25) is 0 Å². The van der Waals surface area contributed by atoms with Crippen LogP contribution in [-0.4, -0.2) is 64.2 Å². The van der Waals surface area contributed by atoms with Gasteiger partial charge in [0.25, 0.3) is 0 Å². The molecule has 0 amide bonds. The van der Waals surface area contributed by atoms with Crippen LogP contribution < -0.4 is 4.74 Å². The Morgan fingerprint density at radius 1 is 0.947 bits per heavy atom. The van der Waals surface area contributed by atoms with Gasteiger partial charge in [0.05, 0.1) is 27.0 Å². The number of rotatable bonds is 7. The number of benzene rings is 2. The zero-order valence-electron chi connectivity index (χ0n) is 22.1. The molecule has 2 aromatic carbocycles. The molecule has 6 nitrogen and oxygen atoms in total. The van der Waals surface area contributed by atoms with E-state index in [4.69, 9.17) is 9.72 Å². The fourth-order valence-electron chi connectivity index (χ4n) is 5.57. The van der Waals surface area contributed by atoms with Crippen LogP contribution in [-0.2, 0) is 13.0 Å². The third kappa shape index (κ3) is 6.07. The Morgan fingerprint density at radius 2 is 1.74 bits per heavy atom. The number of nitrogens with zero attached hydrogens (tertiary/aromatic N) is 4. The van der Waals surface area contributed by atoms with Crippen molar-refractivity contribution < 1.29 is 9.84 Å². The maximum Gasteiger partial charge on any atom is 0.131 e. The molecule has 198 valence electrons. The SMILES string of the molecule is CN1CCN(Cc2ccc(-c3cc(Oc4ccc5nc(C[C@@H]6CCCC[C@H]6O)sc5c4)ccn3)cc2)CC1. The van der Waals surface area contributed by atoms with Gasteiger partial charge in [0.1, 0.15) is 11.5 Å². The molecule has 38 heavy (non-hydrogen) atoms. The Hall–Kier alpha value is -2.84. The molecule has 2 aromatic heterocycles. The Bertz CT molecular complexity index is 1360. The summed E-state index contributed by atoms with van der Waals surface area (Å²) in [6.07, 6.45) is 6.83. The van der Waals surface area contributed by atoms with Crippen LogP contribution in [0.25, 0.3) is 21.5 Å². The molecule has 3 heterocycles. The first kappa shape index (κ1) is 25.4. The van der Waals surface area contributed by atoms with Crippen molar-refractivity contribution in [2.24, 2.45) is 5.92 Å². The lowest BCUT2D eigenvalue weighted by atomic mass is 9.84.